The van der Waals surface area contributed by atoms with Gasteiger partial charge in [-0.05, 0) is 6.07 Å². The van der Waals surface area contributed by atoms with E-state index in [1.165, 1.54) is 7.11 Å². The number of anilines is 1. The second-order valence-corrected chi connectivity index (χ2v) is 4.14. The Morgan fingerprint density at radius 2 is 2.16 bits per heavy atom. The van der Waals surface area contributed by atoms with Crippen LogP contribution in [-0.4, -0.2) is 27.6 Å². The van der Waals surface area contributed by atoms with Crippen LogP contribution in [0.4, 0.5) is 5.95 Å². The molecule has 0 radical (unpaired) electrons. The van der Waals surface area contributed by atoms with E-state index in [1.54, 1.807) is 10.8 Å². The topological polar surface area (TPSA) is 83.0 Å². The van der Waals surface area contributed by atoms with Crippen molar-refractivity contribution in [1.82, 2.24) is 14.5 Å². The number of esters is 1. The van der Waals surface area contributed by atoms with Crippen molar-refractivity contribution >= 4 is 33.9 Å². The first-order chi connectivity index (χ1) is 9.20. The molecule has 0 aliphatic carbocycles. The first-order valence-corrected chi connectivity index (χ1v) is 5.77. The highest BCUT2D eigenvalue weighted by Gasteiger charge is 2.14. The lowest BCUT2D eigenvalue weighted by molar-refractivity contribution is -0.141. The number of nitrogen functional groups attached to an aromatic ring is 1. The third-order valence-electron chi connectivity index (χ3n) is 3.02. The molecule has 6 nitrogen and oxygen atoms in total. The summed E-state index contributed by atoms with van der Waals surface area (Å²) in [6.45, 7) is 0.0346. The highest BCUT2D eigenvalue weighted by Crippen LogP contribution is 2.25. The van der Waals surface area contributed by atoms with Gasteiger partial charge in [0.05, 0.1) is 24.3 Å². The fourth-order valence-corrected chi connectivity index (χ4v) is 2.13. The molecule has 6 heteroatoms. The molecule has 96 valence electrons. The van der Waals surface area contributed by atoms with Crippen molar-refractivity contribution in [3.8, 4) is 0 Å². The largest absolute Gasteiger partial charge is 0.468 e. The number of rotatable bonds is 2. The second kappa shape index (κ2) is 4.24. The number of fused-ring (bicyclic) bond motifs is 3. The number of hydrogen-bond acceptors (Lipinski definition) is 5. The Balaban J connectivity index is 2.33. The molecule has 0 spiro atoms. The third kappa shape index (κ3) is 1.77. The molecule has 0 bridgehead atoms. The Morgan fingerprint density at radius 3 is 2.95 bits per heavy atom. The Morgan fingerprint density at radius 1 is 1.37 bits per heavy atom. The van der Waals surface area contributed by atoms with Gasteiger partial charge in [0.25, 0.3) is 0 Å². The highest BCUT2D eigenvalue weighted by molar-refractivity contribution is 6.03. The molecule has 0 aliphatic rings. The minimum Gasteiger partial charge on any atom is -0.468 e. The van der Waals surface area contributed by atoms with Gasteiger partial charge in [-0.15, -0.1) is 0 Å². The monoisotopic (exact) mass is 256 g/mol. The number of benzene rings is 1. The van der Waals surface area contributed by atoms with Crippen LogP contribution in [-0.2, 0) is 16.1 Å². The summed E-state index contributed by atoms with van der Waals surface area (Å²) in [6, 6.07) is 7.65. The number of para-hydroxylation sites is 1. The predicted molar refractivity (Wildman–Crippen MR) is 71.5 cm³/mol. The van der Waals surface area contributed by atoms with Crippen molar-refractivity contribution in [3.05, 3.63) is 30.5 Å². The summed E-state index contributed by atoms with van der Waals surface area (Å²) < 4.78 is 6.32. The number of nitrogens with two attached hydrogens (primary N) is 1. The number of hydrogen-bond donors (Lipinski definition) is 1. The average molecular weight is 256 g/mol. The van der Waals surface area contributed by atoms with E-state index in [0.717, 1.165) is 16.4 Å². The van der Waals surface area contributed by atoms with Gasteiger partial charge in [0.15, 0.2) is 0 Å². The standard InChI is InChI=1S/C13H12N4O2/c1-19-11(18)7-17-12-8-4-2-3-5-9(8)15-6-10(12)16-13(17)14/h2-6H,7H2,1H3,(H2,14,16). The highest BCUT2D eigenvalue weighted by atomic mass is 16.5. The van der Waals surface area contributed by atoms with Gasteiger partial charge in [0, 0.05) is 5.39 Å². The smallest absolute Gasteiger partial charge is 0.325 e. The molecule has 0 amide bonds. The van der Waals surface area contributed by atoms with Crippen molar-refractivity contribution in [2.45, 2.75) is 6.54 Å². The first-order valence-electron chi connectivity index (χ1n) is 5.77. The zero-order valence-corrected chi connectivity index (χ0v) is 10.3. The zero-order valence-electron chi connectivity index (χ0n) is 10.3. The van der Waals surface area contributed by atoms with E-state index in [0.29, 0.717) is 5.52 Å². The second-order valence-electron chi connectivity index (χ2n) is 4.14. The predicted octanol–water partition coefficient (Wildman–Crippen LogP) is 1.34. The fraction of sp³-hybridized carbons (Fsp3) is 0.154. The van der Waals surface area contributed by atoms with Gasteiger partial charge in [-0.3, -0.25) is 14.3 Å². The third-order valence-corrected chi connectivity index (χ3v) is 3.02. The summed E-state index contributed by atoms with van der Waals surface area (Å²) in [5.41, 5.74) is 8.16. The number of ether oxygens (including phenoxy) is 1. The Labute approximate surface area is 108 Å². The number of imidazole rings is 1. The van der Waals surface area contributed by atoms with Crippen LogP contribution in [0.1, 0.15) is 0 Å². The minimum atomic E-state index is -0.369. The Kier molecular flexibility index (Phi) is 2.56. The van der Waals surface area contributed by atoms with E-state index in [4.69, 9.17) is 5.73 Å². The molecule has 2 aromatic heterocycles. The zero-order chi connectivity index (χ0) is 13.4. The molecular formula is C13H12N4O2. The molecule has 0 saturated carbocycles. The van der Waals surface area contributed by atoms with Crippen molar-refractivity contribution in [2.24, 2.45) is 0 Å². The van der Waals surface area contributed by atoms with E-state index in [2.05, 4.69) is 14.7 Å². The molecule has 2 N–H and O–H groups in total. The summed E-state index contributed by atoms with van der Waals surface area (Å²) in [7, 11) is 1.34. The summed E-state index contributed by atoms with van der Waals surface area (Å²) in [5.74, 6) is -0.0922. The Hall–Kier alpha value is -2.63. The van der Waals surface area contributed by atoms with E-state index < -0.39 is 0 Å². The maximum Gasteiger partial charge on any atom is 0.325 e. The molecule has 1 aromatic carbocycles. The lowest BCUT2D eigenvalue weighted by atomic mass is 10.2. The number of carbonyl (C=O) groups is 1. The van der Waals surface area contributed by atoms with Gasteiger partial charge in [-0.1, -0.05) is 18.2 Å². The van der Waals surface area contributed by atoms with Gasteiger partial charge in [-0.25, -0.2) is 4.98 Å². The first kappa shape index (κ1) is 11.5. The lowest BCUT2D eigenvalue weighted by Gasteiger charge is -2.06. The fourth-order valence-electron chi connectivity index (χ4n) is 2.13. The molecule has 0 aliphatic heterocycles. The molecule has 3 aromatic rings. The van der Waals surface area contributed by atoms with Crippen molar-refractivity contribution in [1.29, 1.82) is 0 Å². The van der Waals surface area contributed by atoms with Crippen LogP contribution in [0.25, 0.3) is 21.9 Å². The number of methoxy groups -OCH3 is 1. The summed E-state index contributed by atoms with van der Waals surface area (Å²) >= 11 is 0. The van der Waals surface area contributed by atoms with Gasteiger partial charge in [0.2, 0.25) is 5.95 Å². The number of nitrogens with zero attached hydrogens (tertiary/aromatic N) is 3. The summed E-state index contributed by atoms with van der Waals surface area (Å²) in [5, 5.41) is 0.910. The quantitative estimate of drug-likeness (QED) is 0.699. The van der Waals surface area contributed by atoms with Gasteiger partial charge < -0.3 is 10.5 Å². The number of carbonyl (C=O) groups excluding carboxylic acids is 1. The van der Waals surface area contributed by atoms with Crippen LogP contribution in [0.15, 0.2) is 30.5 Å². The molecule has 19 heavy (non-hydrogen) atoms. The van der Waals surface area contributed by atoms with Crippen LogP contribution in [0, 0.1) is 0 Å². The van der Waals surface area contributed by atoms with Crippen molar-refractivity contribution < 1.29 is 9.53 Å². The van der Waals surface area contributed by atoms with Crippen LogP contribution in [0.5, 0.6) is 0 Å². The normalized spacial score (nSPS) is 11.0. The van der Waals surface area contributed by atoms with Crippen molar-refractivity contribution in [2.75, 3.05) is 12.8 Å². The van der Waals surface area contributed by atoms with E-state index in [9.17, 15) is 4.79 Å². The van der Waals surface area contributed by atoms with Gasteiger partial charge >= 0.3 is 5.97 Å². The SMILES string of the molecule is COC(=O)Cn1c(N)nc2cnc3ccccc3c21. The summed E-state index contributed by atoms with van der Waals surface area (Å²) in [4.78, 5) is 20.0. The number of aromatic nitrogens is 3. The van der Waals surface area contributed by atoms with E-state index >= 15 is 0 Å². The minimum absolute atomic E-state index is 0.0346. The summed E-state index contributed by atoms with van der Waals surface area (Å²) in [6.07, 6.45) is 1.65. The molecule has 2 heterocycles. The molecule has 0 saturated heterocycles. The van der Waals surface area contributed by atoms with Crippen LogP contribution in [0.3, 0.4) is 0 Å². The average Bonchev–Trinajstić information content (AvgIpc) is 2.75. The van der Waals surface area contributed by atoms with Crippen LogP contribution in [0.2, 0.25) is 0 Å². The lowest BCUT2D eigenvalue weighted by Crippen LogP contribution is -2.13. The number of pyridine rings is 1. The van der Waals surface area contributed by atoms with Crippen LogP contribution < -0.4 is 5.73 Å². The molecule has 0 atom stereocenters. The maximum absolute atomic E-state index is 11.5. The maximum atomic E-state index is 11.5. The van der Waals surface area contributed by atoms with Crippen molar-refractivity contribution in [3.63, 3.8) is 0 Å². The van der Waals surface area contributed by atoms with Crippen LogP contribution >= 0.6 is 0 Å². The van der Waals surface area contributed by atoms with E-state index in [-0.39, 0.29) is 18.5 Å². The molecule has 0 fully saturated rings. The van der Waals surface area contributed by atoms with Gasteiger partial charge in [0.1, 0.15) is 12.1 Å². The van der Waals surface area contributed by atoms with Gasteiger partial charge in [-0.2, -0.15) is 0 Å². The molecule has 3 rings (SSSR count). The Bertz CT molecular complexity index is 779. The van der Waals surface area contributed by atoms with E-state index in [1.807, 2.05) is 24.3 Å². The molecular weight excluding hydrogens is 244 g/mol. The molecule has 0 unspecified atom stereocenters.